The Morgan fingerprint density at radius 1 is 0.960 bits per heavy atom. The lowest BCUT2D eigenvalue weighted by Gasteiger charge is -2.39. The van der Waals surface area contributed by atoms with Gasteiger partial charge < -0.3 is 14.4 Å². The Hall–Kier alpha value is -2.49. The first-order valence-electron chi connectivity index (χ1n) is 9.01. The summed E-state index contributed by atoms with van der Waals surface area (Å²) in [7, 11) is 0. The first kappa shape index (κ1) is 17.3. The molecule has 1 saturated carbocycles. The largest absolute Gasteiger partial charge is 0.515 e. The highest BCUT2D eigenvalue weighted by Gasteiger charge is 2.28. The van der Waals surface area contributed by atoms with Crippen LogP contribution in [0.25, 0.3) is 0 Å². The lowest BCUT2D eigenvalue weighted by atomic mass is 9.93. The minimum atomic E-state index is -0.671. The highest BCUT2D eigenvalue weighted by molar-refractivity contribution is 5.64. The van der Waals surface area contributed by atoms with E-state index in [1.807, 2.05) is 43.3 Å². The molecule has 2 aromatic rings. The number of carbonyl (C=O) groups excluding carboxylic acids is 1. The van der Waals surface area contributed by atoms with Crippen molar-refractivity contribution >= 4 is 11.8 Å². The number of carbonyl (C=O) groups is 1. The second-order valence-electron chi connectivity index (χ2n) is 6.42. The molecule has 0 aliphatic heterocycles. The van der Waals surface area contributed by atoms with E-state index in [9.17, 15) is 4.79 Å². The average Bonchev–Trinajstić information content (AvgIpc) is 2.64. The van der Waals surface area contributed by atoms with E-state index < -0.39 is 6.16 Å². The van der Waals surface area contributed by atoms with Gasteiger partial charge in [0.15, 0.2) is 6.23 Å². The van der Waals surface area contributed by atoms with Crippen LogP contribution < -0.4 is 9.64 Å². The molecule has 0 radical (unpaired) electrons. The fourth-order valence-electron chi connectivity index (χ4n) is 3.48. The van der Waals surface area contributed by atoms with Gasteiger partial charge in [0.05, 0.1) is 0 Å². The van der Waals surface area contributed by atoms with E-state index in [0.717, 1.165) is 18.5 Å². The smallest absolute Gasteiger partial charge is 0.410 e. The van der Waals surface area contributed by atoms with Crippen molar-refractivity contribution in [1.82, 2.24) is 0 Å². The fourth-order valence-corrected chi connectivity index (χ4v) is 3.48. The highest BCUT2D eigenvalue weighted by Crippen LogP contribution is 2.29. The topological polar surface area (TPSA) is 38.8 Å². The SMILES string of the molecule is CC(OC(=O)Oc1ccccc1)N(c1ccccc1)C1CCCCC1. The van der Waals surface area contributed by atoms with Gasteiger partial charge in [-0.2, -0.15) is 0 Å². The second-order valence-corrected chi connectivity index (χ2v) is 6.42. The zero-order valence-corrected chi connectivity index (χ0v) is 14.6. The number of para-hydroxylation sites is 2. The second kappa shape index (κ2) is 8.56. The summed E-state index contributed by atoms with van der Waals surface area (Å²) < 4.78 is 10.9. The number of benzene rings is 2. The van der Waals surface area contributed by atoms with Crippen molar-refractivity contribution in [3.63, 3.8) is 0 Å². The number of rotatable bonds is 5. The Morgan fingerprint density at radius 2 is 1.56 bits per heavy atom. The van der Waals surface area contributed by atoms with Gasteiger partial charge in [-0.25, -0.2) is 4.79 Å². The molecule has 0 heterocycles. The van der Waals surface area contributed by atoms with Crippen LogP contribution in [0, 0.1) is 0 Å². The molecular weight excluding hydrogens is 314 g/mol. The van der Waals surface area contributed by atoms with Crippen LogP contribution in [-0.4, -0.2) is 18.4 Å². The summed E-state index contributed by atoms with van der Waals surface area (Å²) in [6.45, 7) is 1.91. The van der Waals surface area contributed by atoms with Crippen molar-refractivity contribution < 1.29 is 14.3 Å². The van der Waals surface area contributed by atoms with Gasteiger partial charge in [0.25, 0.3) is 0 Å². The standard InChI is InChI=1S/C21H25NO3/c1-17(24-21(23)25-20-15-9-4-10-16-20)22(18-11-5-2-6-12-18)19-13-7-3-8-14-19/h2,4-6,9-12,15-17,19H,3,7-8,13-14H2,1H3. The molecule has 1 aliphatic carbocycles. The molecular formula is C21H25NO3. The number of hydrogen-bond acceptors (Lipinski definition) is 4. The van der Waals surface area contributed by atoms with Crippen molar-refractivity contribution in [2.24, 2.45) is 0 Å². The third kappa shape index (κ3) is 4.75. The van der Waals surface area contributed by atoms with Crippen molar-refractivity contribution in [3.05, 3.63) is 60.7 Å². The summed E-state index contributed by atoms with van der Waals surface area (Å²) >= 11 is 0. The van der Waals surface area contributed by atoms with Crippen LogP contribution >= 0.6 is 0 Å². The third-order valence-corrected chi connectivity index (χ3v) is 4.63. The van der Waals surface area contributed by atoms with Crippen molar-refractivity contribution in [3.8, 4) is 5.75 Å². The molecule has 4 heteroatoms. The van der Waals surface area contributed by atoms with Gasteiger partial charge in [-0.15, -0.1) is 0 Å². The summed E-state index contributed by atoms with van der Waals surface area (Å²) in [5.41, 5.74) is 1.08. The molecule has 132 valence electrons. The molecule has 4 nitrogen and oxygen atoms in total. The maximum absolute atomic E-state index is 12.2. The zero-order valence-electron chi connectivity index (χ0n) is 14.6. The molecule has 0 amide bonds. The van der Waals surface area contributed by atoms with Crippen molar-refractivity contribution in [2.45, 2.75) is 51.3 Å². The molecule has 1 unspecified atom stereocenters. The van der Waals surface area contributed by atoms with Gasteiger partial charge in [-0.3, -0.25) is 0 Å². The maximum Gasteiger partial charge on any atom is 0.515 e. The van der Waals surface area contributed by atoms with Crippen LogP contribution in [0.4, 0.5) is 10.5 Å². The first-order valence-corrected chi connectivity index (χ1v) is 9.01. The van der Waals surface area contributed by atoms with E-state index >= 15 is 0 Å². The lowest BCUT2D eigenvalue weighted by Crippen LogP contribution is -2.45. The van der Waals surface area contributed by atoms with Crippen molar-refractivity contribution in [1.29, 1.82) is 0 Å². The van der Waals surface area contributed by atoms with Crippen LogP contribution in [-0.2, 0) is 4.74 Å². The molecule has 3 rings (SSSR count). The number of nitrogens with zero attached hydrogens (tertiary/aromatic N) is 1. The van der Waals surface area contributed by atoms with Gasteiger partial charge in [0.1, 0.15) is 5.75 Å². The van der Waals surface area contributed by atoms with Crippen LogP contribution in [0.1, 0.15) is 39.0 Å². The molecule has 1 fully saturated rings. The van der Waals surface area contributed by atoms with Crippen molar-refractivity contribution in [2.75, 3.05) is 4.90 Å². The average molecular weight is 339 g/mol. The zero-order chi connectivity index (χ0) is 17.5. The molecule has 0 aromatic heterocycles. The molecule has 0 spiro atoms. The van der Waals surface area contributed by atoms with Crippen LogP contribution in [0.5, 0.6) is 5.75 Å². The molecule has 1 aliphatic rings. The lowest BCUT2D eigenvalue weighted by molar-refractivity contribution is 0.0589. The summed E-state index contributed by atoms with van der Waals surface area (Å²) in [5.74, 6) is 0.489. The van der Waals surface area contributed by atoms with Gasteiger partial charge in [-0.1, -0.05) is 55.7 Å². The molecule has 1 atom stereocenters. The van der Waals surface area contributed by atoms with Gasteiger partial charge in [-0.05, 0) is 44.0 Å². The molecule has 25 heavy (non-hydrogen) atoms. The molecule has 2 aromatic carbocycles. The third-order valence-electron chi connectivity index (χ3n) is 4.63. The van der Waals surface area contributed by atoms with E-state index in [-0.39, 0.29) is 6.23 Å². The summed E-state index contributed by atoms with van der Waals surface area (Å²) in [6, 6.07) is 19.5. The fraction of sp³-hybridized carbons (Fsp3) is 0.381. The van der Waals surface area contributed by atoms with Gasteiger partial charge in [0.2, 0.25) is 0 Å². The highest BCUT2D eigenvalue weighted by atomic mass is 16.7. The number of anilines is 1. The molecule has 0 bridgehead atoms. The predicted molar refractivity (Wildman–Crippen MR) is 98.8 cm³/mol. The Morgan fingerprint density at radius 3 is 2.20 bits per heavy atom. The van der Waals surface area contributed by atoms with Gasteiger partial charge in [0, 0.05) is 11.7 Å². The normalized spacial score (nSPS) is 16.0. The minimum Gasteiger partial charge on any atom is -0.410 e. The van der Waals surface area contributed by atoms with E-state index in [0.29, 0.717) is 11.8 Å². The monoisotopic (exact) mass is 339 g/mol. The summed E-state index contributed by atoms with van der Waals surface area (Å²) in [6.07, 6.45) is 4.90. The maximum atomic E-state index is 12.2. The van der Waals surface area contributed by atoms with E-state index in [4.69, 9.17) is 9.47 Å². The summed E-state index contributed by atoms with van der Waals surface area (Å²) in [5, 5.41) is 0. The van der Waals surface area contributed by atoms with E-state index in [1.54, 1.807) is 12.1 Å². The summed E-state index contributed by atoms with van der Waals surface area (Å²) in [4.78, 5) is 14.4. The minimum absolute atomic E-state index is 0.385. The Labute approximate surface area is 149 Å². The Bertz CT molecular complexity index is 653. The van der Waals surface area contributed by atoms with E-state index in [2.05, 4.69) is 17.0 Å². The van der Waals surface area contributed by atoms with E-state index in [1.165, 1.54) is 19.3 Å². The Kier molecular flexibility index (Phi) is 5.94. The number of hydrogen-bond donors (Lipinski definition) is 0. The predicted octanol–water partition coefficient (Wildman–Crippen LogP) is 5.39. The van der Waals surface area contributed by atoms with Crippen LogP contribution in [0.15, 0.2) is 60.7 Å². The first-order chi connectivity index (χ1) is 12.2. The number of ether oxygens (including phenoxy) is 2. The quantitative estimate of drug-likeness (QED) is 0.416. The Balaban J connectivity index is 1.70. The molecule has 0 N–H and O–H groups in total. The van der Waals surface area contributed by atoms with Crippen LogP contribution in [0.3, 0.4) is 0 Å². The van der Waals surface area contributed by atoms with Crippen LogP contribution in [0.2, 0.25) is 0 Å². The molecule has 0 saturated heterocycles. The van der Waals surface area contributed by atoms with Gasteiger partial charge >= 0.3 is 6.16 Å².